The van der Waals surface area contributed by atoms with Crippen LogP contribution in [0, 0.1) is 0 Å². The van der Waals surface area contributed by atoms with Crippen molar-refractivity contribution < 1.29 is 14.4 Å². The summed E-state index contributed by atoms with van der Waals surface area (Å²) >= 11 is 0. The van der Waals surface area contributed by atoms with Crippen LogP contribution >= 0.6 is 0 Å². The molecule has 1 unspecified atom stereocenters. The normalized spacial score (nSPS) is 25.4. The minimum absolute atomic E-state index is 0.00894. The molecular formula is C18H28N6O3. The number of nitrogens with zero attached hydrogens (tertiary/aromatic N) is 6. The van der Waals surface area contributed by atoms with Crippen LogP contribution in [0.1, 0.15) is 12.8 Å². The van der Waals surface area contributed by atoms with Gasteiger partial charge in [0.25, 0.3) is 5.91 Å². The summed E-state index contributed by atoms with van der Waals surface area (Å²) in [5.74, 6) is 1.80. The Bertz CT molecular complexity index is 687. The minimum Gasteiger partial charge on any atom is -0.368 e. The van der Waals surface area contributed by atoms with E-state index in [0.29, 0.717) is 19.8 Å². The molecule has 1 aromatic heterocycles. The van der Waals surface area contributed by atoms with E-state index in [1.54, 1.807) is 6.33 Å². The van der Waals surface area contributed by atoms with E-state index in [4.69, 9.17) is 9.57 Å². The molecule has 1 atom stereocenters. The monoisotopic (exact) mass is 376 g/mol. The summed E-state index contributed by atoms with van der Waals surface area (Å²) in [5, 5.41) is 1.52. The Morgan fingerprint density at radius 2 is 2.07 bits per heavy atom. The van der Waals surface area contributed by atoms with E-state index in [0.717, 1.165) is 44.1 Å². The first-order chi connectivity index (χ1) is 13.0. The second kappa shape index (κ2) is 7.21. The summed E-state index contributed by atoms with van der Waals surface area (Å²) in [6, 6.07) is 1.71. The zero-order valence-corrected chi connectivity index (χ0v) is 16.3. The summed E-state index contributed by atoms with van der Waals surface area (Å²) in [6.45, 7) is 3.94. The van der Waals surface area contributed by atoms with E-state index in [9.17, 15) is 4.79 Å². The molecule has 0 aromatic carbocycles. The van der Waals surface area contributed by atoms with Gasteiger partial charge in [-0.05, 0) is 19.9 Å². The van der Waals surface area contributed by atoms with Crippen molar-refractivity contribution in [2.24, 2.45) is 0 Å². The SMILES string of the molecule is CN(C)c1cc(N2CC3(C2)CN(C)C(C(=O)N2CCCCO2)CO3)ncn1. The van der Waals surface area contributed by atoms with Crippen molar-refractivity contribution in [2.75, 3.05) is 70.3 Å². The number of anilines is 2. The van der Waals surface area contributed by atoms with Gasteiger partial charge in [-0.3, -0.25) is 14.5 Å². The molecule has 148 valence electrons. The number of aromatic nitrogens is 2. The minimum atomic E-state index is -0.276. The first-order valence-corrected chi connectivity index (χ1v) is 9.50. The summed E-state index contributed by atoms with van der Waals surface area (Å²) in [5.41, 5.74) is -0.239. The highest BCUT2D eigenvalue weighted by Gasteiger charge is 2.50. The Morgan fingerprint density at radius 1 is 1.26 bits per heavy atom. The van der Waals surface area contributed by atoms with E-state index in [2.05, 4.69) is 19.8 Å². The molecule has 0 N–H and O–H groups in total. The molecule has 0 bridgehead atoms. The molecule has 3 saturated heterocycles. The Balaban J connectivity index is 1.35. The van der Waals surface area contributed by atoms with Crippen molar-refractivity contribution >= 4 is 17.5 Å². The fraction of sp³-hybridized carbons (Fsp3) is 0.722. The van der Waals surface area contributed by atoms with Crippen LogP contribution < -0.4 is 9.80 Å². The molecule has 4 rings (SSSR count). The Hall–Kier alpha value is -1.97. The maximum Gasteiger partial charge on any atom is 0.265 e. The van der Waals surface area contributed by atoms with Gasteiger partial charge in [0.1, 0.15) is 29.6 Å². The van der Waals surface area contributed by atoms with Crippen LogP contribution in [-0.4, -0.2) is 98.0 Å². The molecule has 0 saturated carbocycles. The fourth-order valence-electron chi connectivity index (χ4n) is 3.95. The third-order valence-corrected chi connectivity index (χ3v) is 5.53. The zero-order valence-electron chi connectivity index (χ0n) is 16.3. The van der Waals surface area contributed by atoms with Gasteiger partial charge in [0.15, 0.2) is 0 Å². The zero-order chi connectivity index (χ0) is 19.0. The lowest BCUT2D eigenvalue weighted by Gasteiger charge is -2.55. The van der Waals surface area contributed by atoms with Crippen molar-refractivity contribution in [1.29, 1.82) is 0 Å². The van der Waals surface area contributed by atoms with Crippen molar-refractivity contribution in [3.63, 3.8) is 0 Å². The average molecular weight is 376 g/mol. The summed E-state index contributed by atoms with van der Waals surface area (Å²) in [4.78, 5) is 33.1. The molecule has 27 heavy (non-hydrogen) atoms. The number of rotatable bonds is 3. The lowest BCUT2D eigenvalue weighted by atomic mass is 9.90. The number of hydroxylamine groups is 2. The van der Waals surface area contributed by atoms with Gasteiger partial charge in [-0.15, -0.1) is 0 Å². The molecule has 0 radical (unpaired) electrons. The van der Waals surface area contributed by atoms with E-state index in [1.165, 1.54) is 5.06 Å². The van der Waals surface area contributed by atoms with E-state index in [1.807, 2.05) is 32.1 Å². The van der Waals surface area contributed by atoms with Crippen LogP contribution in [-0.2, 0) is 14.4 Å². The number of ether oxygens (including phenoxy) is 1. The Kier molecular flexibility index (Phi) is 4.92. The molecule has 3 aliphatic heterocycles. The van der Waals surface area contributed by atoms with Gasteiger partial charge in [0, 0.05) is 33.3 Å². The van der Waals surface area contributed by atoms with Gasteiger partial charge < -0.3 is 14.5 Å². The predicted octanol–water partition coefficient (Wildman–Crippen LogP) is -0.0140. The number of likely N-dealkylation sites (N-methyl/N-ethyl adjacent to an activating group) is 1. The standard InChI is InChI=1S/C18H28N6O3/c1-21(2)15-8-16(20-13-19-15)23-11-18(12-23)10-22(3)14(9-26-18)17(25)24-6-4-5-7-27-24/h8,13-14H,4-7,9-12H2,1-3H3. The molecule has 1 aromatic rings. The maximum atomic E-state index is 12.7. The molecule has 3 fully saturated rings. The van der Waals surface area contributed by atoms with Gasteiger partial charge >= 0.3 is 0 Å². The van der Waals surface area contributed by atoms with Crippen LogP contribution in [0.3, 0.4) is 0 Å². The third-order valence-electron chi connectivity index (χ3n) is 5.53. The van der Waals surface area contributed by atoms with Crippen LogP contribution in [0.4, 0.5) is 11.6 Å². The first kappa shape index (κ1) is 18.4. The summed E-state index contributed by atoms with van der Waals surface area (Å²) < 4.78 is 6.19. The van der Waals surface area contributed by atoms with Crippen molar-refractivity contribution in [3.05, 3.63) is 12.4 Å². The van der Waals surface area contributed by atoms with Gasteiger partial charge in [0.05, 0.1) is 26.3 Å². The predicted molar refractivity (Wildman–Crippen MR) is 101 cm³/mol. The fourth-order valence-corrected chi connectivity index (χ4v) is 3.95. The number of hydrogen-bond acceptors (Lipinski definition) is 8. The highest BCUT2D eigenvalue weighted by molar-refractivity contribution is 5.81. The molecule has 1 amide bonds. The van der Waals surface area contributed by atoms with E-state index < -0.39 is 0 Å². The molecule has 3 aliphatic rings. The molecule has 9 heteroatoms. The van der Waals surface area contributed by atoms with Gasteiger partial charge in [-0.1, -0.05) is 0 Å². The van der Waals surface area contributed by atoms with Gasteiger partial charge in [-0.25, -0.2) is 15.0 Å². The summed E-state index contributed by atoms with van der Waals surface area (Å²) in [7, 11) is 5.92. The van der Waals surface area contributed by atoms with Gasteiger partial charge in [0.2, 0.25) is 0 Å². The highest BCUT2D eigenvalue weighted by Crippen LogP contribution is 2.34. The number of hydrogen-bond donors (Lipinski definition) is 0. The summed E-state index contributed by atoms with van der Waals surface area (Å²) in [6.07, 6.45) is 3.60. The lowest BCUT2D eigenvalue weighted by molar-refractivity contribution is -0.212. The molecular weight excluding hydrogens is 348 g/mol. The average Bonchev–Trinajstić information content (AvgIpc) is 2.66. The largest absolute Gasteiger partial charge is 0.368 e. The van der Waals surface area contributed by atoms with Crippen LogP contribution in [0.5, 0.6) is 0 Å². The second-order valence-electron chi connectivity index (χ2n) is 7.89. The molecule has 0 aliphatic carbocycles. The Labute approximate surface area is 159 Å². The van der Waals surface area contributed by atoms with Crippen LogP contribution in [0.15, 0.2) is 12.4 Å². The topological polar surface area (TPSA) is 74.3 Å². The van der Waals surface area contributed by atoms with Crippen molar-refractivity contribution in [3.8, 4) is 0 Å². The number of carbonyl (C=O) groups is 1. The number of carbonyl (C=O) groups excluding carboxylic acids is 1. The molecule has 4 heterocycles. The van der Waals surface area contributed by atoms with Crippen LogP contribution in [0.25, 0.3) is 0 Å². The second-order valence-corrected chi connectivity index (χ2v) is 7.89. The number of amides is 1. The lowest BCUT2D eigenvalue weighted by Crippen LogP contribution is -2.72. The first-order valence-electron chi connectivity index (χ1n) is 9.50. The van der Waals surface area contributed by atoms with Crippen molar-refractivity contribution in [2.45, 2.75) is 24.5 Å². The smallest absolute Gasteiger partial charge is 0.265 e. The molecule has 1 spiro atoms. The quantitative estimate of drug-likeness (QED) is 0.729. The van der Waals surface area contributed by atoms with Crippen molar-refractivity contribution in [1.82, 2.24) is 19.9 Å². The molecule has 9 nitrogen and oxygen atoms in total. The Morgan fingerprint density at radius 3 is 2.74 bits per heavy atom. The van der Waals surface area contributed by atoms with Crippen LogP contribution in [0.2, 0.25) is 0 Å². The third kappa shape index (κ3) is 3.59. The highest BCUT2D eigenvalue weighted by atomic mass is 16.7. The van der Waals surface area contributed by atoms with Gasteiger partial charge in [-0.2, -0.15) is 0 Å². The van der Waals surface area contributed by atoms with E-state index >= 15 is 0 Å². The number of morpholine rings is 1. The maximum absolute atomic E-state index is 12.7. The van der Waals surface area contributed by atoms with E-state index in [-0.39, 0.29) is 17.6 Å².